The van der Waals surface area contributed by atoms with Crippen molar-refractivity contribution in [3.8, 4) is 11.5 Å². The van der Waals surface area contributed by atoms with Crippen molar-refractivity contribution in [2.75, 3.05) is 53.2 Å². The molecule has 0 spiro atoms. The summed E-state index contributed by atoms with van der Waals surface area (Å²) < 4.78 is 47.8. The first-order valence-corrected chi connectivity index (χ1v) is 34.0. The zero-order valence-corrected chi connectivity index (χ0v) is 56.6. The van der Waals surface area contributed by atoms with Crippen LogP contribution in [0.2, 0.25) is 0 Å². The van der Waals surface area contributed by atoms with Crippen molar-refractivity contribution in [2.45, 2.75) is 179 Å². The number of rotatable bonds is 20. The zero-order chi connectivity index (χ0) is 75.2. The fraction of sp³-hybridized carbons (Fsp3) is 0.552. The van der Waals surface area contributed by atoms with Gasteiger partial charge in [-0.15, -0.1) is 0 Å². The van der Waals surface area contributed by atoms with Crippen LogP contribution in [0.15, 0.2) is 91.0 Å². The Morgan fingerprint density at radius 1 is 0.552 bits per heavy atom. The predicted octanol–water partition coefficient (Wildman–Crippen LogP) is -8.88. The van der Waals surface area contributed by atoms with Crippen LogP contribution in [0.4, 0.5) is 0 Å². The molecule has 7 aliphatic heterocycles. The second-order valence-corrected chi connectivity index (χ2v) is 26.4. The minimum atomic E-state index is -2.36. The number of aliphatic hydroxyl groups excluding tert-OH is 12. The molecule has 26 unspecified atom stereocenters. The molecule has 0 bridgehead atoms. The molecule has 4 aromatic carbocycles. The smallest absolute Gasteiger partial charge is 0.246 e. The van der Waals surface area contributed by atoms with Crippen molar-refractivity contribution in [2.24, 2.45) is 0 Å². The van der Waals surface area contributed by atoms with Crippen molar-refractivity contribution in [1.82, 2.24) is 52.8 Å². The normalized spacial score (nSPS) is 35.3. The third-order valence-corrected chi connectivity index (χ3v) is 19.7. The average Bonchev–Trinajstić information content (AvgIpc) is 1.68. The van der Waals surface area contributed by atoms with Crippen molar-refractivity contribution in [1.29, 1.82) is 10.8 Å². The van der Waals surface area contributed by atoms with Gasteiger partial charge in [0.25, 0.3) is 0 Å². The minimum absolute atomic E-state index is 0.0444. The molecule has 0 aromatic heterocycles. The van der Waals surface area contributed by atoms with Gasteiger partial charge in [0.2, 0.25) is 41.7 Å². The molecule has 38 heteroatoms. The molecule has 11 rings (SSSR count). The standard InChI is InChI=1S/C67H88N12O26/c1-3-34(28-7-5-4-6-8-28)43-59(95)73-35(17-27-9-14-32(15-10-27)99-64-53(92)51(90)54(41(26-83)102-64)103-65-56-55(49(88)40(25-82)101-65)104-63(105-56)31-12-11-30-19-33(98-2)16-13-29(30)18-31)58(94)77-44(46(85)36-20-71-66(68)75-36)61(97)78-45(60(96)74-37(23-80)57(93)70-22-42(84)76-43)47(86)38-21-72-67(69)79(38)62-52(91)50(89)48(87)39(24-81)100-62/h4-16,18-19,34-41,43-56,62-65,80-83,85-92H,3,17,20-26H2,1-2H3,(H2,69,72)(H,70,93)(H,73,95)(H,74,96)(H,76,84)(H,77,94)(H,78,97)(H3,68,71,75). The van der Waals surface area contributed by atoms with Gasteiger partial charge in [0, 0.05) is 31.0 Å². The maximum Gasteiger partial charge on any atom is 0.246 e. The molecule has 7 fully saturated rings. The molecule has 7 heterocycles. The molecule has 38 nitrogen and oxygen atoms in total. The van der Waals surface area contributed by atoms with Crippen molar-refractivity contribution in [3.05, 3.63) is 108 Å². The molecule has 7 aliphatic rings. The maximum absolute atomic E-state index is 15.3. The van der Waals surface area contributed by atoms with Crippen molar-refractivity contribution in [3.63, 3.8) is 0 Å². The van der Waals surface area contributed by atoms with Crippen LogP contribution in [0.25, 0.3) is 10.8 Å². The first-order chi connectivity index (χ1) is 50.4. The summed E-state index contributed by atoms with van der Waals surface area (Å²) in [5.41, 5.74) is 1.32. The van der Waals surface area contributed by atoms with Crippen molar-refractivity contribution < 1.29 is 128 Å². The Bertz CT molecular complexity index is 3740. The highest BCUT2D eigenvalue weighted by atomic mass is 16.8. The summed E-state index contributed by atoms with van der Waals surface area (Å²) in [6, 6.07) is 11.9. The molecule has 105 heavy (non-hydrogen) atoms. The Kier molecular flexibility index (Phi) is 25.0. The number of aliphatic hydroxyl groups is 12. The van der Waals surface area contributed by atoms with Gasteiger partial charge >= 0.3 is 0 Å². The quantitative estimate of drug-likeness (QED) is 0.0391. The number of amides is 6. The van der Waals surface area contributed by atoms with Gasteiger partial charge < -0.3 is 152 Å². The van der Waals surface area contributed by atoms with Gasteiger partial charge in [-0.25, -0.2) is 0 Å². The Morgan fingerprint density at radius 2 is 1.18 bits per heavy atom. The minimum Gasteiger partial charge on any atom is -0.497 e. The third kappa shape index (κ3) is 16.8. The molecular formula is C67H88N12O26. The van der Waals surface area contributed by atoms with E-state index in [0.29, 0.717) is 16.9 Å². The summed E-state index contributed by atoms with van der Waals surface area (Å²) >= 11 is 0. The highest BCUT2D eigenvalue weighted by Gasteiger charge is 2.57. The van der Waals surface area contributed by atoms with Gasteiger partial charge in [-0.05, 0) is 58.7 Å². The van der Waals surface area contributed by atoms with Crippen LogP contribution >= 0.6 is 0 Å². The number of benzene rings is 4. The van der Waals surface area contributed by atoms with Gasteiger partial charge in [-0.3, -0.25) is 39.6 Å². The van der Waals surface area contributed by atoms with E-state index in [0.717, 1.165) is 15.7 Å². The molecule has 0 saturated carbocycles. The van der Waals surface area contributed by atoms with E-state index in [4.69, 9.17) is 48.7 Å². The number of hydrogen-bond acceptors (Lipinski definition) is 28. The predicted molar refractivity (Wildman–Crippen MR) is 357 cm³/mol. The molecule has 0 aliphatic carbocycles. The van der Waals surface area contributed by atoms with Crippen LogP contribution in [0.1, 0.15) is 42.2 Å². The number of fused-ring (bicyclic) bond motifs is 2. The second-order valence-electron chi connectivity index (χ2n) is 26.4. The van der Waals surface area contributed by atoms with Gasteiger partial charge in [0.1, 0.15) is 127 Å². The number of carbonyl (C=O) groups excluding carboxylic acids is 6. The number of hydrogen-bond donors (Lipinski definition) is 23. The molecule has 0 radical (unpaired) electrons. The van der Waals surface area contributed by atoms with Gasteiger partial charge in [-0.1, -0.05) is 67.6 Å². The van der Waals surface area contributed by atoms with Crippen LogP contribution in [0.3, 0.4) is 0 Å². The number of methoxy groups -OCH3 is 1. The molecule has 6 amide bonds. The lowest BCUT2D eigenvalue weighted by Crippen LogP contribution is -2.69. The SMILES string of the molecule is CCC(c1ccccc1)C1NC(=O)CNC(=O)C(CO)NC(=O)C(C(O)C2CNC(=N)N2C2OC(CO)C(O)C(O)C2O)NC(=O)C(C(O)C2CNC(=N)N2)NC(=O)C(Cc2ccc(OC3OC(CO)C(OC4OC(CO)C(O)C5OC(c6ccc7cc(OC)ccc7c6)OC45)C(O)C3O)cc2)NC1=O. The fourth-order valence-corrected chi connectivity index (χ4v) is 13.9. The summed E-state index contributed by atoms with van der Waals surface area (Å²) in [5, 5.41) is 174. The lowest BCUT2D eigenvalue weighted by molar-refractivity contribution is -0.343. The molecule has 7 saturated heterocycles. The molecular weight excluding hydrogens is 1390 g/mol. The van der Waals surface area contributed by atoms with Gasteiger partial charge in [-0.2, -0.15) is 0 Å². The highest BCUT2D eigenvalue weighted by molar-refractivity contribution is 5.99. The third-order valence-electron chi connectivity index (χ3n) is 19.7. The van der Waals surface area contributed by atoms with Crippen LogP contribution in [-0.4, -0.2) is 313 Å². The number of carbonyl (C=O) groups is 6. The molecule has 23 N–H and O–H groups in total. The lowest BCUT2D eigenvalue weighted by atomic mass is 9.88. The van der Waals surface area contributed by atoms with Gasteiger partial charge in [0.05, 0.1) is 52.2 Å². The van der Waals surface area contributed by atoms with Crippen molar-refractivity contribution >= 4 is 58.1 Å². The summed E-state index contributed by atoms with van der Waals surface area (Å²) in [5.74, 6) is -8.49. The second kappa shape index (κ2) is 33.9. The van der Waals surface area contributed by atoms with Crippen LogP contribution in [-0.2, 0) is 63.6 Å². The van der Waals surface area contributed by atoms with E-state index in [1.807, 2.05) is 24.3 Å². The molecule has 4 aromatic rings. The first-order valence-electron chi connectivity index (χ1n) is 34.0. The van der Waals surface area contributed by atoms with E-state index in [9.17, 15) is 75.7 Å². The Balaban J connectivity index is 0.860. The monoisotopic (exact) mass is 1480 g/mol. The Hall–Kier alpha value is -8.62. The number of nitrogens with one attached hydrogen (secondary N) is 11. The van der Waals surface area contributed by atoms with E-state index >= 15 is 14.4 Å². The van der Waals surface area contributed by atoms with Crippen LogP contribution in [0.5, 0.6) is 11.5 Å². The fourth-order valence-electron chi connectivity index (χ4n) is 13.9. The lowest BCUT2D eigenvalue weighted by Gasteiger charge is -2.46. The van der Waals surface area contributed by atoms with E-state index in [1.165, 1.54) is 24.3 Å². The average molecular weight is 1480 g/mol. The number of guanidine groups is 2. The van der Waals surface area contributed by atoms with E-state index < -0.39 is 246 Å². The van der Waals surface area contributed by atoms with Crippen LogP contribution < -0.4 is 57.3 Å². The maximum atomic E-state index is 15.3. The first kappa shape index (κ1) is 77.5. The topological polar surface area (TPSA) is 578 Å². The summed E-state index contributed by atoms with van der Waals surface area (Å²) in [6.45, 7) is -3.55. The van der Waals surface area contributed by atoms with E-state index in [1.54, 1.807) is 56.5 Å². The number of nitrogens with zero attached hydrogens (tertiary/aromatic N) is 1. The number of ether oxygens (including phenoxy) is 8. The molecule has 572 valence electrons. The molecule has 26 atom stereocenters. The summed E-state index contributed by atoms with van der Waals surface area (Å²) in [6.07, 6.45) is -30.3. The summed E-state index contributed by atoms with van der Waals surface area (Å²) in [4.78, 5) is 89.0. The zero-order valence-electron chi connectivity index (χ0n) is 56.6. The van der Waals surface area contributed by atoms with Gasteiger partial charge in [0.15, 0.2) is 30.7 Å². The Labute approximate surface area is 598 Å². The van der Waals surface area contributed by atoms with E-state index in [-0.39, 0.29) is 30.2 Å². The largest absolute Gasteiger partial charge is 0.497 e. The highest BCUT2D eigenvalue weighted by Crippen LogP contribution is 2.42. The summed E-state index contributed by atoms with van der Waals surface area (Å²) in [7, 11) is 1.55. The van der Waals surface area contributed by atoms with Crippen LogP contribution in [0, 0.1) is 10.8 Å². The van der Waals surface area contributed by atoms with E-state index in [2.05, 4.69) is 47.9 Å². The Morgan fingerprint density at radius 3 is 1.86 bits per heavy atom.